The van der Waals surface area contributed by atoms with Crippen LogP contribution in [0.1, 0.15) is 276 Å². The number of allylic oxidation sites excluding steroid dienone is 2. The third-order valence-electron chi connectivity index (χ3n) is 12.9. The summed E-state index contributed by atoms with van der Waals surface area (Å²) in [5.74, 6) is 0. The topological polar surface area (TPSA) is 24.7 Å². The molecule has 0 aliphatic heterocycles. The van der Waals surface area contributed by atoms with E-state index in [2.05, 4.69) is 88.4 Å². The standard InChI is InChI=1S/C59H100N2.Ni/c1-5-9-12-15-18-20-22-24-26-28-30-32-34-36-39-43-54-46-50-56(51-47-54)60-58(42-8-4)59(45-41-38-17-14-11-7-3)61-57-52-48-55(49-53-57)44-40-37-35-33-31-29-27-25-23-21-19-16-13-10-6-2;/h8,42,46-53H,5-7,9-41,43-45H2,1-4H3;. The van der Waals surface area contributed by atoms with E-state index < -0.39 is 0 Å². The maximum absolute atomic E-state index is 5.28. The van der Waals surface area contributed by atoms with Gasteiger partial charge < -0.3 is 0 Å². The first-order valence-corrected chi connectivity index (χ1v) is 27.2. The molecule has 2 aromatic rings. The summed E-state index contributed by atoms with van der Waals surface area (Å²) < 4.78 is 0. The average molecular weight is 896 g/mol. The second-order valence-corrected chi connectivity index (χ2v) is 18.8. The normalized spacial score (nSPS) is 12.1. The molecule has 0 spiro atoms. The number of benzene rings is 2. The van der Waals surface area contributed by atoms with Gasteiger partial charge in [0, 0.05) is 16.5 Å². The van der Waals surface area contributed by atoms with Gasteiger partial charge in [0.1, 0.15) is 0 Å². The molecule has 0 aromatic heterocycles. The van der Waals surface area contributed by atoms with Crippen LogP contribution in [0.5, 0.6) is 0 Å². The summed E-state index contributed by atoms with van der Waals surface area (Å²) in [6, 6.07) is 18.2. The summed E-state index contributed by atoms with van der Waals surface area (Å²) in [4.78, 5) is 10.5. The SMILES string of the molecule is CC=CC(=Nc1ccc(CCCCCCCCCCCCCCCCC)cc1)C(CCCCCCCC)=Nc1ccc(CCCCCCCCCCCCCCCCC)cc1.[Ni]. The van der Waals surface area contributed by atoms with E-state index >= 15 is 0 Å². The summed E-state index contributed by atoms with van der Waals surface area (Å²) in [6.45, 7) is 9.01. The number of unbranched alkanes of at least 4 members (excludes halogenated alkanes) is 33. The van der Waals surface area contributed by atoms with E-state index in [1.165, 1.54) is 249 Å². The van der Waals surface area contributed by atoms with Crippen LogP contribution in [-0.4, -0.2) is 11.4 Å². The van der Waals surface area contributed by atoms with Crippen LogP contribution in [0.25, 0.3) is 0 Å². The van der Waals surface area contributed by atoms with Crippen molar-refractivity contribution in [2.24, 2.45) is 9.98 Å². The van der Waals surface area contributed by atoms with Gasteiger partial charge in [-0.1, -0.05) is 263 Å². The van der Waals surface area contributed by atoms with Crippen LogP contribution >= 0.6 is 0 Å². The van der Waals surface area contributed by atoms with Gasteiger partial charge >= 0.3 is 0 Å². The summed E-state index contributed by atoms with van der Waals surface area (Å²) >= 11 is 0. The Kier molecular flexibility index (Phi) is 41.4. The summed E-state index contributed by atoms with van der Waals surface area (Å²) in [6.07, 6.45) is 57.8. The van der Waals surface area contributed by atoms with Gasteiger partial charge in [0.05, 0.1) is 22.8 Å². The molecule has 0 saturated heterocycles. The van der Waals surface area contributed by atoms with E-state index in [0.717, 1.165) is 35.6 Å². The maximum Gasteiger partial charge on any atom is 0.0848 e. The Labute approximate surface area is 397 Å². The van der Waals surface area contributed by atoms with Gasteiger partial charge in [-0.2, -0.15) is 0 Å². The van der Waals surface area contributed by atoms with E-state index in [9.17, 15) is 0 Å². The van der Waals surface area contributed by atoms with Crippen molar-refractivity contribution >= 4 is 22.8 Å². The molecule has 2 rings (SSSR count). The molecule has 2 nitrogen and oxygen atoms in total. The van der Waals surface area contributed by atoms with Gasteiger partial charge in [0.15, 0.2) is 0 Å². The van der Waals surface area contributed by atoms with E-state index in [1.807, 2.05) is 0 Å². The second kappa shape index (κ2) is 44.2. The fraction of sp³-hybridized carbons (Fsp3) is 0.729. The van der Waals surface area contributed by atoms with Crippen molar-refractivity contribution in [1.82, 2.24) is 0 Å². The van der Waals surface area contributed by atoms with Crippen LogP contribution in [0.2, 0.25) is 0 Å². The number of aliphatic imine (C=N–C) groups is 2. The van der Waals surface area contributed by atoms with E-state index in [0.29, 0.717) is 0 Å². The zero-order valence-electron chi connectivity index (χ0n) is 41.6. The molecule has 0 aliphatic carbocycles. The molecule has 0 saturated carbocycles. The largest absolute Gasteiger partial charge is 0.251 e. The van der Waals surface area contributed by atoms with Crippen LogP contribution in [0.15, 0.2) is 70.7 Å². The Morgan fingerprint density at radius 2 is 0.629 bits per heavy atom. The van der Waals surface area contributed by atoms with Gasteiger partial charge in [0.25, 0.3) is 0 Å². The van der Waals surface area contributed by atoms with E-state index in [4.69, 9.17) is 9.98 Å². The number of hydrogen-bond acceptors (Lipinski definition) is 2. The van der Waals surface area contributed by atoms with Crippen molar-refractivity contribution in [2.45, 2.75) is 278 Å². The van der Waals surface area contributed by atoms with Gasteiger partial charge in [0.2, 0.25) is 0 Å². The first-order valence-electron chi connectivity index (χ1n) is 27.2. The Hall–Kier alpha value is -1.99. The first-order chi connectivity index (χ1) is 30.2. The van der Waals surface area contributed by atoms with Crippen molar-refractivity contribution in [3.05, 3.63) is 71.8 Å². The molecule has 0 amide bonds. The third-order valence-corrected chi connectivity index (χ3v) is 12.9. The van der Waals surface area contributed by atoms with Crippen LogP contribution in [0, 0.1) is 0 Å². The minimum atomic E-state index is 0. The van der Waals surface area contributed by atoms with Crippen molar-refractivity contribution in [1.29, 1.82) is 0 Å². The smallest absolute Gasteiger partial charge is 0.0848 e. The summed E-state index contributed by atoms with van der Waals surface area (Å²) in [7, 11) is 0. The van der Waals surface area contributed by atoms with Gasteiger partial charge in [-0.3, -0.25) is 4.99 Å². The molecule has 356 valence electrons. The zero-order chi connectivity index (χ0) is 43.5. The minimum absolute atomic E-state index is 0. The Balaban J connectivity index is 0.0000192. The first kappa shape index (κ1) is 58.0. The fourth-order valence-corrected chi connectivity index (χ4v) is 8.84. The van der Waals surface area contributed by atoms with Gasteiger partial charge in [-0.25, -0.2) is 4.99 Å². The van der Waals surface area contributed by atoms with Crippen molar-refractivity contribution in [3.63, 3.8) is 0 Å². The predicted octanol–water partition coefficient (Wildman–Crippen LogP) is 20.7. The number of rotatable bonds is 43. The fourth-order valence-electron chi connectivity index (χ4n) is 8.84. The van der Waals surface area contributed by atoms with Crippen LogP contribution in [-0.2, 0) is 29.3 Å². The third kappa shape index (κ3) is 33.5. The number of hydrogen-bond donors (Lipinski definition) is 0. The molecule has 62 heavy (non-hydrogen) atoms. The zero-order valence-corrected chi connectivity index (χ0v) is 42.5. The molecule has 2 aromatic carbocycles. The molecule has 0 fully saturated rings. The molecule has 3 heteroatoms. The average Bonchev–Trinajstić information content (AvgIpc) is 3.28. The monoisotopic (exact) mass is 895 g/mol. The Bertz CT molecular complexity index is 1320. The molecule has 0 N–H and O–H groups in total. The number of aryl methyl sites for hydroxylation is 2. The van der Waals surface area contributed by atoms with Crippen LogP contribution < -0.4 is 0 Å². The Morgan fingerprint density at radius 3 is 0.935 bits per heavy atom. The van der Waals surface area contributed by atoms with Crippen molar-refractivity contribution in [2.75, 3.05) is 0 Å². The Morgan fingerprint density at radius 1 is 0.355 bits per heavy atom. The van der Waals surface area contributed by atoms with Gasteiger partial charge in [-0.15, -0.1) is 0 Å². The molecular weight excluding hydrogens is 795 g/mol. The predicted molar refractivity (Wildman–Crippen MR) is 277 cm³/mol. The van der Waals surface area contributed by atoms with Crippen LogP contribution in [0.4, 0.5) is 11.4 Å². The van der Waals surface area contributed by atoms with Crippen LogP contribution in [0.3, 0.4) is 0 Å². The maximum atomic E-state index is 5.28. The van der Waals surface area contributed by atoms with Crippen molar-refractivity contribution < 1.29 is 16.5 Å². The second-order valence-electron chi connectivity index (χ2n) is 18.8. The summed E-state index contributed by atoms with van der Waals surface area (Å²) in [5.41, 5.74) is 7.09. The number of nitrogens with zero attached hydrogens (tertiary/aromatic N) is 2. The van der Waals surface area contributed by atoms with E-state index in [1.54, 1.807) is 0 Å². The molecule has 0 atom stereocenters. The molecular formula is C59H100N2Ni. The molecule has 0 radical (unpaired) electrons. The summed E-state index contributed by atoms with van der Waals surface area (Å²) in [5, 5.41) is 0. The molecule has 0 heterocycles. The van der Waals surface area contributed by atoms with Gasteiger partial charge in [-0.05, 0) is 86.9 Å². The van der Waals surface area contributed by atoms with Crippen molar-refractivity contribution in [3.8, 4) is 0 Å². The molecule has 0 bridgehead atoms. The molecule has 0 unspecified atom stereocenters. The molecule has 0 aliphatic rings. The van der Waals surface area contributed by atoms with E-state index in [-0.39, 0.29) is 16.5 Å². The quantitative estimate of drug-likeness (QED) is 0.0360. The minimum Gasteiger partial charge on any atom is -0.251 e.